The van der Waals surface area contributed by atoms with Crippen LogP contribution in [0, 0.1) is 16.7 Å². The molecule has 0 radical (unpaired) electrons. The van der Waals surface area contributed by atoms with Crippen molar-refractivity contribution in [3.8, 4) is 17.5 Å². The second-order valence-corrected chi connectivity index (χ2v) is 8.79. The van der Waals surface area contributed by atoms with Crippen LogP contribution in [0.1, 0.15) is 41.6 Å². The molecule has 3 fully saturated rings. The van der Waals surface area contributed by atoms with Crippen LogP contribution < -0.4 is 10.6 Å². The molecule has 0 aromatic carbocycles. The predicted molar refractivity (Wildman–Crippen MR) is 116 cm³/mol. The van der Waals surface area contributed by atoms with Crippen molar-refractivity contribution >= 4 is 23.1 Å². The molecule has 32 heavy (non-hydrogen) atoms. The molecule has 9 heteroatoms. The first kappa shape index (κ1) is 20.0. The van der Waals surface area contributed by atoms with Gasteiger partial charge in [-0.05, 0) is 48.9 Å². The number of esters is 1. The number of nitriles is 1. The smallest absolute Gasteiger partial charge is 0.306 e. The molecule has 0 saturated heterocycles. The molecular weight excluding hydrogens is 408 g/mol. The topological polar surface area (TPSA) is 121 Å². The van der Waals surface area contributed by atoms with E-state index in [9.17, 15) is 9.59 Å². The maximum absolute atomic E-state index is 12.5. The maximum Gasteiger partial charge on any atom is 0.306 e. The molecule has 3 aromatic heterocycles. The fraction of sp³-hybridized carbons (Fsp3) is 0.348. The molecule has 162 valence electrons. The minimum Gasteiger partial charge on any atom is -0.469 e. The number of ether oxygens (including phenoxy) is 1. The normalized spacial score (nSPS) is 22.9. The number of carbonyl (C=O) groups excluding carboxylic acids is 2. The van der Waals surface area contributed by atoms with E-state index in [0.717, 1.165) is 30.5 Å². The summed E-state index contributed by atoms with van der Waals surface area (Å²) >= 11 is 0. The van der Waals surface area contributed by atoms with E-state index in [1.807, 2.05) is 18.2 Å². The van der Waals surface area contributed by atoms with E-state index in [-0.39, 0.29) is 22.8 Å². The van der Waals surface area contributed by atoms with Crippen LogP contribution in [0.3, 0.4) is 0 Å². The van der Waals surface area contributed by atoms with Gasteiger partial charge in [-0.1, -0.05) is 0 Å². The number of amides is 1. The lowest BCUT2D eigenvalue weighted by Gasteiger charge is -2.71. The second-order valence-electron chi connectivity index (χ2n) is 8.79. The maximum atomic E-state index is 12.5. The predicted octanol–water partition coefficient (Wildman–Crippen LogP) is 2.53. The zero-order valence-corrected chi connectivity index (χ0v) is 17.8. The number of fused-ring (bicyclic) bond motifs is 1. The summed E-state index contributed by atoms with van der Waals surface area (Å²) in [6.45, 7) is 0. The molecule has 3 heterocycles. The highest BCUT2D eigenvalue weighted by Crippen LogP contribution is 2.70. The Bertz CT molecular complexity index is 1290. The van der Waals surface area contributed by atoms with E-state index < -0.39 is 0 Å². The standard InChI is InChI=1S/C23H22N6O3/c1-25-21(31)16-10-26-18(19-4-3-15-5-14(8-24)9-27-29(15)19)6-17(16)28-23-11-22(12-23,13-23)7-20(30)32-2/h3-6,9-10H,7,11-13H2,1-2H3,(H,25,31)(H,26,28). The van der Waals surface area contributed by atoms with E-state index >= 15 is 0 Å². The Morgan fingerprint density at radius 1 is 1.25 bits per heavy atom. The van der Waals surface area contributed by atoms with Gasteiger partial charge in [-0.3, -0.25) is 14.6 Å². The lowest BCUT2D eigenvalue weighted by Crippen LogP contribution is -2.71. The van der Waals surface area contributed by atoms with Crippen molar-refractivity contribution in [1.82, 2.24) is 19.9 Å². The molecule has 2 bridgehead atoms. The highest BCUT2D eigenvalue weighted by molar-refractivity contribution is 6.00. The van der Waals surface area contributed by atoms with Crippen molar-refractivity contribution in [3.05, 3.63) is 47.8 Å². The monoisotopic (exact) mass is 430 g/mol. The molecule has 0 aliphatic heterocycles. The zero-order valence-electron chi connectivity index (χ0n) is 17.8. The highest BCUT2D eigenvalue weighted by Gasteiger charge is 2.68. The van der Waals surface area contributed by atoms with Crippen molar-refractivity contribution in [2.45, 2.75) is 31.2 Å². The number of carbonyl (C=O) groups is 2. The van der Waals surface area contributed by atoms with E-state index in [1.54, 1.807) is 23.8 Å². The first-order chi connectivity index (χ1) is 15.4. The Labute approximate surface area is 184 Å². The third-order valence-corrected chi connectivity index (χ3v) is 6.55. The van der Waals surface area contributed by atoms with Crippen LogP contribution in [0.5, 0.6) is 0 Å². The van der Waals surface area contributed by atoms with Crippen molar-refractivity contribution < 1.29 is 14.3 Å². The molecule has 2 N–H and O–H groups in total. The summed E-state index contributed by atoms with van der Waals surface area (Å²) in [5, 5.41) is 19.7. The Hall–Kier alpha value is -3.93. The number of hydrogen-bond acceptors (Lipinski definition) is 7. The number of rotatable bonds is 6. The minimum atomic E-state index is -0.223. The number of aromatic nitrogens is 3. The number of nitrogens with one attached hydrogen (secondary N) is 2. The lowest BCUT2D eigenvalue weighted by atomic mass is 9.38. The van der Waals surface area contributed by atoms with Gasteiger partial charge in [0.1, 0.15) is 6.07 Å². The van der Waals surface area contributed by atoms with Crippen LogP contribution in [0.4, 0.5) is 5.69 Å². The van der Waals surface area contributed by atoms with Crippen molar-refractivity contribution in [2.75, 3.05) is 19.5 Å². The van der Waals surface area contributed by atoms with E-state index in [0.29, 0.717) is 28.9 Å². The Kier molecular flexibility index (Phi) is 4.41. The largest absolute Gasteiger partial charge is 0.469 e. The van der Waals surface area contributed by atoms with Crippen LogP contribution in [0.2, 0.25) is 0 Å². The number of methoxy groups -OCH3 is 1. The summed E-state index contributed by atoms with van der Waals surface area (Å²) in [6, 6.07) is 9.48. The number of hydrogen-bond donors (Lipinski definition) is 2. The quantitative estimate of drug-likeness (QED) is 0.576. The summed E-state index contributed by atoms with van der Waals surface area (Å²) in [7, 11) is 3.00. The summed E-state index contributed by atoms with van der Waals surface area (Å²) in [5.41, 5.74) is 3.75. The first-order valence-corrected chi connectivity index (χ1v) is 10.4. The molecule has 3 aliphatic rings. The van der Waals surface area contributed by atoms with Gasteiger partial charge in [0.2, 0.25) is 0 Å². The van der Waals surface area contributed by atoms with Gasteiger partial charge >= 0.3 is 5.97 Å². The minimum absolute atomic E-state index is 0.0171. The van der Waals surface area contributed by atoms with Gasteiger partial charge in [-0.15, -0.1) is 0 Å². The molecule has 3 aromatic rings. The van der Waals surface area contributed by atoms with Gasteiger partial charge in [0.05, 0.1) is 53.4 Å². The molecule has 3 aliphatic carbocycles. The number of nitrogens with zero attached hydrogens (tertiary/aromatic N) is 4. The van der Waals surface area contributed by atoms with E-state index in [2.05, 4.69) is 26.8 Å². The van der Waals surface area contributed by atoms with Crippen LogP contribution >= 0.6 is 0 Å². The van der Waals surface area contributed by atoms with Crippen molar-refractivity contribution in [1.29, 1.82) is 5.26 Å². The van der Waals surface area contributed by atoms with Crippen molar-refractivity contribution in [3.63, 3.8) is 0 Å². The molecule has 6 rings (SSSR count). The van der Waals surface area contributed by atoms with Gasteiger partial charge in [0.25, 0.3) is 5.91 Å². The van der Waals surface area contributed by atoms with Crippen LogP contribution in [0.15, 0.2) is 36.7 Å². The van der Waals surface area contributed by atoms with Crippen LogP contribution in [-0.4, -0.2) is 46.2 Å². The summed E-state index contributed by atoms with van der Waals surface area (Å²) in [4.78, 5) is 28.7. The van der Waals surface area contributed by atoms with E-state index in [4.69, 9.17) is 10.00 Å². The number of anilines is 1. The molecule has 9 nitrogen and oxygen atoms in total. The summed E-state index contributed by atoms with van der Waals surface area (Å²) in [6.07, 6.45) is 6.11. The average Bonchev–Trinajstić information content (AvgIpc) is 3.19. The fourth-order valence-corrected chi connectivity index (χ4v) is 5.25. The highest BCUT2D eigenvalue weighted by atomic mass is 16.5. The zero-order chi connectivity index (χ0) is 22.5. The van der Waals surface area contributed by atoms with Crippen LogP contribution in [-0.2, 0) is 9.53 Å². The summed E-state index contributed by atoms with van der Waals surface area (Å²) in [5.74, 6) is -0.401. The second kappa shape index (κ2) is 7.05. The fourth-order valence-electron chi connectivity index (χ4n) is 5.25. The third kappa shape index (κ3) is 3.07. The Morgan fingerprint density at radius 3 is 2.72 bits per heavy atom. The van der Waals surface area contributed by atoms with E-state index in [1.165, 1.54) is 13.3 Å². The van der Waals surface area contributed by atoms with Gasteiger partial charge in [0.15, 0.2) is 0 Å². The number of pyridine rings is 1. The van der Waals surface area contributed by atoms with Gasteiger partial charge in [-0.25, -0.2) is 4.52 Å². The SMILES string of the molecule is CNC(=O)c1cnc(-c2ccc3cc(C#N)cnn23)cc1NC12CC(CC(=O)OC)(C1)C2. The summed E-state index contributed by atoms with van der Waals surface area (Å²) < 4.78 is 6.54. The van der Waals surface area contributed by atoms with Gasteiger partial charge in [-0.2, -0.15) is 10.4 Å². The molecule has 3 saturated carbocycles. The average molecular weight is 430 g/mol. The molecule has 0 spiro atoms. The lowest BCUT2D eigenvalue weighted by molar-refractivity contribution is -0.163. The van der Waals surface area contributed by atoms with Crippen LogP contribution in [0.25, 0.3) is 16.9 Å². The van der Waals surface area contributed by atoms with Crippen molar-refractivity contribution in [2.24, 2.45) is 5.41 Å². The Morgan fingerprint density at radius 2 is 2.03 bits per heavy atom. The molecule has 0 unspecified atom stereocenters. The molecular formula is C23H22N6O3. The van der Waals surface area contributed by atoms with Gasteiger partial charge < -0.3 is 15.4 Å². The molecule has 0 atom stereocenters. The molecule has 1 amide bonds. The Balaban J connectivity index is 1.46. The third-order valence-electron chi connectivity index (χ3n) is 6.55. The van der Waals surface area contributed by atoms with Gasteiger partial charge in [0, 0.05) is 18.8 Å². The first-order valence-electron chi connectivity index (χ1n) is 10.4.